The van der Waals surface area contributed by atoms with Crippen molar-refractivity contribution in [3.8, 4) is 0 Å². The van der Waals surface area contributed by atoms with E-state index in [0.717, 1.165) is 29.2 Å². The third-order valence-electron chi connectivity index (χ3n) is 4.24. The predicted molar refractivity (Wildman–Crippen MR) is 123 cm³/mol. The highest BCUT2D eigenvalue weighted by molar-refractivity contribution is 14.0. The molecule has 0 aromatic heterocycles. The quantitative estimate of drug-likeness (QED) is 0.342. The minimum absolute atomic E-state index is 0. The van der Waals surface area contributed by atoms with Gasteiger partial charge < -0.3 is 15.7 Å². The summed E-state index contributed by atoms with van der Waals surface area (Å²) >= 11 is 1.80. The number of halogens is 1. The molecule has 3 rings (SSSR count). The van der Waals surface area contributed by atoms with Gasteiger partial charge in [-0.25, -0.2) is 4.99 Å². The first-order valence-electron chi connectivity index (χ1n) is 8.59. The van der Waals surface area contributed by atoms with Gasteiger partial charge in [0.1, 0.15) is 0 Å². The van der Waals surface area contributed by atoms with Crippen LogP contribution in [0.5, 0.6) is 0 Å². The second kappa shape index (κ2) is 10.2. The van der Waals surface area contributed by atoms with Gasteiger partial charge in [-0.05, 0) is 36.8 Å². The van der Waals surface area contributed by atoms with Crippen molar-refractivity contribution in [2.24, 2.45) is 4.99 Å². The van der Waals surface area contributed by atoms with E-state index in [9.17, 15) is 5.11 Å². The standard InChI is InChI=1S/C20H25N3OS.HI/c1-16-7-9-17(10-8-16)13-21-19(23-18-5-3-2-4-6-18)22-14-20(24)11-12-25-15-20;/h2-10,24H,11-15H2,1H3,(H2,21,22,23);1H. The molecule has 0 spiro atoms. The second-order valence-electron chi connectivity index (χ2n) is 6.52. The summed E-state index contributed by atoms with van der Waals surface area (Å²) in [6.45, 7) is 3.18. The third-order valence-corrected chi connectivity index (χ3v) is 5.48. The molecule has 140 valence electrons. The average molecular weight is 483 g/mol. The van der Waals surface area contributed by atoms with E-state index in [4.69, 9.17) is 0 Å². The van der Waals surface area contributed by atoms with Crippen LogP contribution in [0.1, 0.15) is 17.5 Å². The maximum Gasteiger partial charge on any atom is 0.196 e. The fourth-order valence-corrected chi connectivity index (χ4v) is 3.94. The Bertz CT molecular complexity index is 701. The summed E-state index contributed by atoms with van der Waals surface area (Å²) in [7, 11) is 0. The van der Waals surface area contributed by atoms with E-state index in [1.807, 2.05) is 30.3 Å². The summed E-state index contributed by atoms with van der Waals surface area (Å²) < 4.78 is 0. The minimum atomic E-state index is -0.645. The van der Waals surface area contributed by atoms with Gasteiger partial charge in [0, 0.05) is 18.0 Å². The van der Waals surface area contributed by atoms with Crippen LogP contribution in [0.3, 0.4) is 0 Å². The van der Waals surface area contributed by atoms with Crippen molar-refractivity contribution < 1.29 is 5.11 Å². The molecule has 2 aromatic carbocycles. The molecule has 1 aliphatic heterocycles. The summed E-state index contributed by atoms with van der Waals surface area (Å²) in [5, 5.41) is 17.2. The van der Waals surface area contributed by atoms with Gasteiger partial charge >= 0.3 is 0 Å². The lowest BCUT2D eigenvalue weighted by atomic mass is 10.0. The molecule has 0 amide bonds. The molecular formula is C20H26IN3OS. The fraction of sp³-hybridized carbons (Fsp3) is 0.350. The number of guanidine groups is 1. The van der Waals surface area contributed by atoms with Gasteiger partial charge in [-0.15, -0.1) is 24.0 Å². The monoisotopic (exact) mass is 483 g/mol. The Balaban J connectivity index is 0.00000243. The summed E-state index contributed by atoms with van der Waals surface area (Å²) in [5.41, 5.74) is 2.74. The molecule has 0 aliphatic carbocycles. The molecule has 6 heteroatoms. The van der Waals surface area contributed by atoms with Crippen molar-refractivity contribution in [3.05, 3.63) is 65.7 Å². The molecule has 0 saturated carbocycles. The van der Waals surface area contributed by atoms with Crippen LogP contribution in [0.25, 0.3) is 0 Å². The number of thioether (sulfide) groups is 1. The number of hydrogen-bond donors (Lipinski definition) is 3. The number of benzene rings is 2. The van der Waals surface area contributed by atoms with E-state index in [0.29, 0.717) is 19.0 Å². The molecule has 3 N–H and O–H groups in total. The smallest absolute Gasteiger partial charge is 0.196 e. The highest BCUT2D eigenvalue weighted by Crippen LogP contribution is 2.27. The predicted octanol–water partition coefficient (Wildman–Crippen LogP) is 4.04. The molecule has 1 atom stereocenters. The Hall–Kier alpha value is -1.25. The molecule has 1 aliphatic rings. The number of para-hydroxylation sites is 1. The van der Waals surface area contributed by atoms with Crippen molar-refractivity contribution in [2.45, 2.75) is 25.5 Å². The van der Waals surface area contributed by atoms with Crippen LogP contribution in [-0.2, 0) is 6.54 Å². The molecule has 26 heavy (non-hydrogen) atoms. The van der Waals surface area contributed by atoms with Crippen LogP contribution in [-0.4, -0.2) is 34.7 Å². The highest BCUT2D eigenvalue weighted by atomic mass is 127. The number of aryl methyl sites for hydroxylation is 1. The molecule has 0 radical (unpaired) electrons. The largest absolute Gasteiger partial charge is 0.387 e. The molecule has 4 nitrogen and oxygen atoms in total. The fourth-order valence-electron chi connectivity index (χ4n) is 2.65. The van der Waals surface area contributed by atoms with Gasteiger partial charge in [-0.1, -0.05) is 48.0 Å². The van der Waals surface area contributed by atoms with Crippen LogP contribution in [0.2, 0.25) is 0 Å². The van der Waals surface area contributed by atoms with Crippen LogP contribution in [0.4, 0.5) is 5.69 Å². The number of aliphatic imine (C=N–C) groups is 1. The Kier molecular flexibility index (Phi) is 8.24. The molecule has 0 bridgehead atoms. The van der Waals surface area contributed by atoms with E-state index in [-0.39, 0.29) is 24.0 Å². The summed E-state index contributed by atoms with van der Waals surface area (Å²) in [5.74, 6) is 2.48. The topological polar surface area (TPSA) is 56.7 Å². The number of nitrogens with one attached hydrogen (secondary N) is 2. The van der Waals surface area contributed by atoms with Gasteiger partial charge in [-0.3, -0.25) is 0 Å². The van der Waals surface area contributed by atoms with Gasteiger partial charge in [0.05, 0.1) is 12.1 Å². The number of rotatable bonds is 5. The van der Waals surface area contributed by atoms with Crippen molar-refractivity contribution in [2.75, 3.05) is 23.4 Å². The normalized spacial score (nSPS) is 19.7. The Morgan fingerprint density at radius 2 is 1.88 bits per heavy atom. The summed E-state index contributed by atoms with van der Waals surface area (Å²) in [6.07, 6.45) is 0.821. The maximum absolute atomic E-state index is 10.6. The summed E-state index contributed by atoms with van der Waals surface area (Å²) in [6, 6.07) is 18.4. The number of hydrogen-bond acceptors (Lipinski definition) is 3. The van der Waals surface area contributed by atoms with E-state index in [1.54, 1.807) is 11.8 Å². The number of nitrogens with zero attached hydrogens (tertiary/aromatic N) is 1. The molecular weight excluding hydrogens is 457 g/mol. The van der Waals surface area contributed by atoms with Crippen molar-refractivity contribution in [1.82, 2.24) is 5.32 Å². The van der Waals surface area contributed by atoms with E-state index >= 15 is 0 Å². The highest BCUT2D eigenvalue weighted by Gasteiger charge is 2.31. The van der Waals surface area contributed by atoms with E-state index in [2.05, 4.69) is 46.8 Å². The first kappa shape index (κ1) is 21.1. The summed E-state index contributed by atoms with van der Waals surface area (Å²) in [4.78, 5) is 4.69. The van der Waals surface area contributed by atoms with Crippen molar-refractivity contribution in [3.63, 3.8) is 0 Å². The maximum atomic E-state index is 10.6. The molecule has 2 aromatic rings. The zero-order valence-electron chi connectivity index (χ0n) is 14.9. The molecule has 1 unspecified atom stereocenters. The zero-order valence-corrected chi connectivity index (χ0v) is 18.1. The Labute approximate surface area is 176 Å². The van der Waals surface area contributed by atoms with Gasteiger partial charge in [0.15, 0.2) is 5.96 Å². The first-order chi connectivity index (χ1) is 12.1. The van der Waals surface area contributed by atoms with Crippen molar-refractivity contribution in [1.29, 1.82) is 0 Å². The minimum Gasteiger partial charge on any atom is -0.387 e. The van der Waals surface area contributed by atoms with Gasteiger partial charge in [0.25, 0.3) is 0 Å². The van der Waals surface area contributed by atoms with Crippen LogP contribution in [0, 0.1) is 6.92 Å². The lowest BCUT2D eigenvalue weighted by molar-refractivity contribution is 0.0726. The zero-order chi connectivity index (χ0) is 17.5. The Morgan fingerprint density at radius 1 is 1.15 bits per heavy atom. The number of aliphatic hydroxyl groups is 1. The van der Waals surface area contributed by atoms with Gasteiger partial charge in [-0.2, -0.15) is 11.8 Å². The molecule has 1 saturated heterocycles. The van der Waals surface area contributed by atoms with Crippen LogP contribution >= 0.6 is 35.7 Å². The third kappa shape index (κ3) is 6.48. The Morgan fingerprint density at radius 3 is 2.54 bits per heavy atom. The van der Waals surface area contributed by atoms with Crippen molar-refractivity contribution >= 4 is 47.4 Å². The van der Waals surface area contributed by atoms with Crippen LogP contribution in [0.15, 0.2) is 59.6 Å². The lowest BCUT2D eigenvalue weighted by Gasteiger charge is -2.23. The first-order valence-corrected chi connectivity index (χ1v) is 9.75. The lowest BCUT2D eigenvalue weighted by Crippen LogP contribution is -2.45. The molecule has 1 fully saturated rings. The van der Waals surface area contributed by atoms with Gasteiger partial charge in [0.2, 0.25) is 0 Å². The number of anilines is 1. The SMILES string of the molecule is Cc1ccc(CN=C(NCC2(O)CCSC2)Nc2ccccc2)cc1.I. The second-order valence-corrected chi connectivity index (χ2v) is 7.63. The van der Waals surface area contributed by atoms with Crippen LogP contribution < -0.4 is 10.6 Å². The average Bonchev–Trinajstić information content (AvgIpc) is 3.06. The van der Waals surface area contributed by atoms with E-state index in [1.165, 1.54) is 5.56 Å². The molecule has 1 heterocycles. The van der Waals surface area contributed by atoms with E-state index < -0.39 is 5.60 Å².